The van der Waals surface area contributed by atoms with E-state index in [0.29, 0.717) is 62.5 Å². The van der Waals surface area contributed by atoms with E-state index in [1.807, 2.05) is 6.07 Å². The van der Waals surface area contributed by atoms with Gasteiger partial charge >= 0.3 is 5.97 Å². The Bertz CT molecular complexity index is 1350. The molecule has 0 amide bonds. The van der Waals surface area contributed by atoms with E-state index in [0.717, 1.165) is 31.7 Å². The monoisotopic (exact) mass is 609 g/mol. The summed E-state index contributed by atoms with van der Waals surface area (Å²) in [5, 5.41) is 15.4. The number of halogens is 2. The lowest BCUT2D eigenvalue weighted by atomic mass is 10.0. The number of carbonyl (C=O) groups excluding carboxylic acids is 1. The van der Waals surface area contributed by atoms with Crippen LogP contribution < -0.4 is 15.1 Å². The van der Waals surface area contributed by atoms with Gasteiger partial charge in [-0.1, -0.05) is 34.5 Å². The molecule has 3 aromatic rings. The molecule has 0 radical (unpaired) electrons. The number of aliphatic hydroxyl groups is 1. The molecule has 5 heterocycles. The van der Waals surface area contributed by atoms with Crippen LogP contribution >= 0.6 is 34.5 Å². The van der Waals surface area contributed by atoms with Gasteiger partial charge in [-0.2, -0.15) is 0 Å². The van der Waals surface area contributed by atoms with Gasteiger partial charge in [0.2, 0.25) is 0 Å². The third-order valence-electron chi connectivity index (χ3n) is 7.38. The molecule has 11 nitrogen and oxygen atoms in total. The second-order valence-corrected chi connectivity index (χ2v) is 11.7. The lowest BCUT2D eigenvalue weighted by molar-refractivity contribution is 0.0262. The number of carbonyl (C=O) groups is 1. The van der Waals surface area contributed by atoms with Crippen molar-refractivity contribution < 1.29 is 19.4 Å². The third kappa shape index (κ3) is 5.93. The lowest BCUT2D eigenvalue weighted by Crippen LogP contribution is -2.54. The van der Waals surface area contributed by atoms with Crippen LogP contribution in [0.1, 0.15) is 53.0 Å². The average Bonchev–Trinajstić information content (AvgIpc) is 3.55. The van der Waals surface area contributed by atoms with Gasteiger partial charge in [-0.15, -0.1) is 0 Å². The van der Waals surface area contributed by atoms with Crippen molar-refractivity contribution in [3.8, 4) is 11.5 Å². The van der Waals surface area contributed by atoms with Crippen molar-refractivity contribution >= 4 is 51.5 Å². The molecule has 0 aromatic carbocycles. The van der Waals surface area contributed by atoms with Crippen LogP contribution in [0.2, 0.25) is 10.0 Å². The fraction of sp³-hybridized carbons (Fsp3) is 0.538. The van der Waals surface area contributed by atoms with Crippen molar-refractivity contribution in [3.63, 3.8) is 0 Å². The maximum atomic E-state index is 12.8. The third-order valence-corrected chi connectivity index (χ3v) is 9.44. The molecule has 0 bridgehead atoms. The van der Waals surface area contributed by atoms with E-state index in [4.69, 9.17) is 42.6 Å². The van der Waals surface area contributed by atoms with Gasteiger partial charge in [-0.25, -0.2) is 19.7 Å². The first-order chi connectivity index (χ1) is 19.3. The number of aromatic nitrogens is 4. The molecule has 3 unspecified atom stereocenters. The second-order valence-electron chi connectivity index (χ2n) is 9.93. The molecule has 2 fully saturated rings. The summed E-state index contributed by atoms with van der Waals surface area (Å²) in [5.74, 6) is 0.745. The minimum absolute atomic E-state index is 0.168. The second kappa shape index (κ2) is 12.6. The number of nitrogens with zero attached hydrogens (tertiary/aromatic N) is 5. The summed E-state index contributed by atoms with van der Waals surface area (Å²) in [6.45, 7) is 4.79. The number of hydrogen-bond acceptors (Lipinski definition) is 11. The molecular formula is C26H33Cl2N7O4S. The first-order valence-corrected chi connectivity index (χ1v) is 14.8. The predicted octanol–water partition coefficient (Wildman–Crippen LogP) is 4.19. The van der Waals surface area contributed by atoms with Crippen LogP contribution in [0.25, 0.3) is 11.5 Å². The number of rotatable bonds is 8. The predicted molar refractivity (Wildman–Crippen MR) is 156 cm³/mol. The van der Waals surface area contributed by atoms with Crippen LogP contribution in [0.5, 0.6) is 0 Å². The van der Waals surface area contributed by atoms with Gasteiger partial charge in [0.1, 0.15) is 22.6 Å². The molecule has 14 heteroatoms. The van der Waals surface area contributed by atoms with Crippen LogP contribution in [0, 0.1) is 6.92 Å². The zero-order valence-corrected chi connectivity index (χ0v) is 24.9. The molecule has 216 valence electrons. The quantitative estimate of drug-likeness (QED) is 0.252. The summed E-state index contributed by atoms with van der Waals surface area (Å²) in [5.41, 5.74) is 1.51. The summed E-state index contributed by atoms with van der Waals surface area (Å²) < 4.78 is 10.9. The molecule has 0 aliphatic carbocycles. The molecule has 40 heavy (non-hydrogen) atoms. The van der Waals surface area contributed by atoms with E-state index in [9.17, 15) is 9.90 Å². The number of H-pyrrole nitrogens is 1. The van der Waals surface area contributed by atoms with E-state index in [-0.39, 0.29) is 12.1 Å². The number of aryl methyl sites for hydroxylation is 1. The number of thiazole rings is 1. The Labute approximate surface area is 246 Å². The molecule has 3 aromatic heterocycles. The molecule has 3 N–H and O–H groups in total. The van der Waals surface area contributed by atoms with Crippen LogP contribution in [0.3, 0.4) is 0 Å². The Morgan fingerprint density at radius 2 is 1.95 bits per heavy atom. The van der Waals surface area contributed by atoms with Crippen molar-refractivity contribution in [1.82, 2.24) is 25.3 Å². The smallest absolute Gasteiger partial charge is 0.350 e. The molecule has 0 saturated carbocycles. The summed E-state index contributed by atoms with van der Waals surface area (Å²) in [6.07, 6.45) is 4.50. The molecule has 2 aliphatic heterocycles. The van der Waals surface area contributed by atoms with Crippen molar-refractivity contribution in [1.29, 1.82) is 0 Å². The van der Waals surface area contributed by atoms with Gasteiger partial charge < -0.3 is 29.4 Å². The number of aromatic amines is 1. The highest BCUT2D eigenvalue weighted by Gasteiger charge is 2.34. The number of methoxy groups -OCH3 is 2. The topological polar surface area (TPSA) is 129 Å². The maximum Gasteiger partial charge on any atom is 0.350 e. The van der Waals surface area contributed by atoms with Gasteiger partial charge in [0.25, 0.3) is 0 Å². The van der Waals surface area contributed by atoms with Crippen LogP contribution in [0.4, 0.5) is 10.9 Å². The van der Waals surface area contributed by atoms with Crippen molar-refractivity contribution in [2.75, 3.05) is 50.2 Å². The summed E-state index contributed by atoms with van der Waals surface area (Å²) >= 11 is 13.7. The molecule has 5 rings (SSSR count). The Morgan fingerprint density at radius 1 is 1.18 bits per heavy atom. The van der Waals surface area contributed by atoms with Crippen molar-refractivity contribution in [2.45, 2.75) is 51.0 Å². The van der Waals surface area contributed by atoms with E-state index in [1.54, 1.807) is 20.2 Å². The Morgan fingerprint density at radius 3 is 2.62 bits per heavy atom. The zero-order chi connectivity index (χ0) is 28.4. The fourth-order valence-corrected chi connectivity index (χ4v) is 6.63. The van der Waals surface area contributed by atoms with E-state index < -0.39 is 12.2 Å². The number of anilines is 2. The Kier molecular flexibility index (Phi) is 9.13. The summed E-state index contributed by atoms with van der Waals surface area (Å²) in [4.78, 5) is 34.5. The van der Waals surface area contributed by atoms with Crippen LogP contribution in [-0.2, 0) is 9.47 Å². The molecule has 2 saturated heterocycles. The summed E-state index contributed by atoms with van der Waals surface area (Å²) in [6, 6.07) is 1.73. The summed E-state index contributed by atoms with van der Waals surface area (Å²) in [7, 11) is 2.98. The fourth-order valence-electron chi connectivity index (χ4n) is 5.18. The minimum atomic E-state index is -1.05. The largest absolute Gasteiger partial charge is 0.465 e. The highest BCUT2D eigenvalue weighted by molar-refractivity contribution is 7.17. The van der Waals surface area contributed by atoms with E-state index in [1.165, 1.54) is 24.9 Å². The first kappa shape index (κ1) is 29.0. The normalized spacial score (nSPS) is 20.6. The van der Waals surface area contributed by atoms with Crippen molar-refractivity contribution in [3.05, 3.63) is 38.6 Å². The highest BCUT2D eigenvalue weighted by Crippen LogP contribution is 2.36. The average molecular weight is 611 g/mol. The minimum Gasteiger partial charge on any atom is -0.465 e. The lowest BCUT2D eigenvalue weighted by Gasteiger charge is -2.38. The molecule has 3 atom stereocenters. The van der Waals surface area contributed by atoms with Gasteiger partial charge in [0.15, 0.2) is 11.0 Å². The Balaban J connectivity index is 1.35. The molecule has 2 aliphatic rings. The van der Waals surface area contributed by atoms with Crippen molar-refractivity contribution in [2.24, 2.45) is 0 Å². The maximum absolute atomic E-state index is 12.8. The number of hydrogen-bond donors (Lipinski definition) is 3. The van der Waals surface area contributed by atoms with Gasteiger partial charge in [0.05, 0.1) is 29.0 Å². The number of piperidine rings is 2. The molecule has 0 spiro atoms. The van der Waals surface area contributed by atoms with E-state index in [2.05, 4.69) is 25.1 Å². The van der Waals surface area contributed by atoms with Gasteiger partial charge in [-0.05, 0) is 38.7 Å². The number of aliphatic hydroxyl groups excluding tert-OH is 1. The van der Waals surface area contributed by atoms with Gasteiger partial charge in [0, 0.05) is 51.2 Å². The SMILES string of the molecule is COC(=O)c1sc(N2CCC(NC(O)c3[nH]c(C)c(Cl)c3Cl)C(OC)C2)nc1-c1nccc(N2CCCCC2)n1. The van der Waals surface area contributed by atoms with E-state index >= 15 is 0 Å². The number of nitrogens with one attached hydrogen (secondary N) is 2. The number of ether oxygens (including phenoxy) is 2. The highest BCUT2D eigenvalue weighted by atomic mass is 35.5. The Hall–Kier alpha value is -2.48. The van der Waals surface area contributed by atoms with Crippen LogP contribution in [-0.4, -0.2) is 83.6 Å². The zero-order valence-electron chi connectivity index (χ0n) is 22.6. The molecular weight excluding hydrogens is 577 g/mol. The van der Waals surface area contributed by atoms with Gasteiger partial charge in [-0.3, -0.25) is 5.32 Å². The first-order valence-electron chi connectivity index (χ1n) is 13.2. The number of esters is 1. The van der Waals surface area contributed by atoms with Crippen LogP contribution in [0.15, 0.2) is 12.3 Å². The standard InChI is InChI=1S/C26H33Cl2N7O4S/c1-14-18(27)19(28)20(30-14)24(36)31-15-8-12-35(13-16(15)38-2)26-33-21(22(40-26)25(37)39-3)23-29-9-7-17(32-23)34-10-5-4-6-11-34/h7,9,15-16,24,30-31,36H,4-6,8,10-13H2,1-3H3.